The zero-order valence-corrected chi connectivity index (χ0v) is 12.1. The average Bonchev–Trinajstić information content (AvgIpc) is 2.39. The van der Waals surface area contributed by atoms with Crippen LogP contribution in [0, 0.1) is 0 Å². The number of nitrogens with one attached hydrogen (secondary N) is 1. The van der Waals surface area contributed by atoms with Gasteiger partial charge in [-0.25, -0.2) is 0 Å². The Bertz CT molecular complexity index is 354. The zero-order valence-electron chi connectivity index (χ0n) is 11.3. The van der Waals surface area contributed by atoms with E-state index in [1.54, 1.807) is 0 Å². The van der Waals surface area contributed by atoms with Crippen molar-refractivity contribution in [1.29, 1.82) is 0 Å². The van der Waals surface area contributed by atoms with Crippen molar-refractivity contribution >= 4 is 11.8 Å². The molecule has 0 aromatic heterocycles. The van der Waals surface area contributed by atoms with E-state index in [0.29, 0.717) is 12.6 Å². The highest BCUT2D eigenvalue weighted by Crippen LogP contribution is 2.27. The first-order valence-electron chi connectivity index (χ1n) is 6.47. The van der Waals surface area contributed by atoms with Gasteiger partial charge in [0.05, 0.1) is 6.61 Å². The molecule has 0 bridgehead atoms. The molecule has 0 fully saturated rings. The molecule has 1 atom stereocenters. The third kappa shape index (κ3) is 4.75. The lowest BCUT2D eigenvalue weighted by Crippen LogP contribution is -2.23. The van der Waals surface area contributed by atoms with E-state index in [-0.39, 0.29) is 0 Å². The Morgan fingerprint density at radius 2 is 2.17 bits per heavy atom. The molecule has 0 radical (unpaired) electrons. The van der Waals surface area contributed by atoms with E-state index in [2.05, 4.69) is 31.0 Å². The lowest BCUT2D eigenvalue weighted by molar-refractivity contribution is 0.333. The van der Waals surface area contributed by atoms with E-state index in [4.69, 9.17) is 4.74 Å². The first-order valence-corrected chi connectivity index (χ1v) is 7.62. The minimum absolute atomic E-state index is 0.336. The largest absolute Gasteiger partial charge is 0.494 e. The van der Waals surface area contributed by atoms with Crippen LogP contribution in [-0.2, 0) is 0 Å². The van der Waals surface area contributed by atoms with Crippen LogP contribution in [0.25, 0.3) is 0 Å². The number of hydrogen-bond acceptors (Lipinski definition) is 3. The highest BCUT2D eigenvalue weighted by atomic mass is 32.2. The van der Waals surface area contributed by atoms with Crippen molar-refractivity contribution < 1.29 is 4.74 Å². The van der Waals surface area contributed by atoms with E-state index in [1.807, 2.05) is 36.9 Å². The van der Waals surface area contributed by atoms with E-state index >= 15 is 0 Å². The van der Waals surface area contributed by atoms with Crippen LogP contribution in [0.15, 0.2) is 36.9 Å². The lowest BCUT2D eigenvalue weighted by Gasteiger charge is -2.20. The fourth-order valence-corrected chi connectivity index (χ4v) is 2.67. The second kappa shape index (κ2) is 9.06. The van der Waals surface area contributed by atoms with Crippen molar-refractivity contribution in [2.24, 2.45) is 0 Å². The predicted octanol–water partition coefficient (Wildman–Crippen LogP) is 3.66. The first-order chi connectivity index (χ1) is 8.83. The van der Waals surface area contributed by atoms with E-state index < -0.39 is 0 Å². The van der Waals surface area contributed by atoms with Crippen molar-refractivity contribution in [2.45, 2.75) is 19.9 Å². The zero-order chi connectivity index (χ0) is 13.2. The smallest absolute Gasteiger partial charge is 0.124 e. The third-order valence-corrected chi connectivity index (χ3v) is 3.61. The van der Waals surface area contributed by atoms with Gasteiger partial charge in [-0.05, 0) is 19.5 Å². The maximum atomic E-state index is 5.70. The lowest BCUT2D eigenvalue weighted by atomic mass is 10.1. The van der Waals surface area contributed by atoms with Gasteiger partial charge in [0.25, 0.3) is 0 Å². The number of thioether (sulfide) groups is 1. The molecule has 0 spiro atoms. The Kier molecular flexibility index (Phi) is 7.62. The topological polar surface area (TPSA) is 21.3 Å². The highest BCUT2D eigenvalue weighted by Gasteiger charge is 2.14. The van der Waals surface area contributed by atoms with Crippen LogP contribution >= 0.6 is 11.8 Å². The van der Waals surface area contributed by atoms with E-state index in [1.165, 1.54) is 5.56 Å². The van der Waals surface area contributed by atoms with Gasteiger partial charge < -0.3 is 10.1 Å². The molecule has 3 heteroatoms. The molecule has 0 saturated carbocycles. The minimum Gasteiger partial charge on any atom is -0.494 e. The summed E-state index contributed by atoms with van der Waals surface area (Å²) >= 11 is 1.89. The Morgan fingerprint density at radius 1 is 1.39 bits per heavy atom. The fourth-order valence-electron chi connectivity index (χ4n) is 1.83. The first kappa shape index (κ1) is 15.1. The van der Waals surface area contributed by atoms with Gasteiger partial charge in [-0.1, -0.05) is 31.2 Å². The molecular weight excluding hydrogens is 242 g/mol. The number of rotatable bonds is 9. The van der Waals surface area contributed by atoms with Gasteiger partial charge in [0.15, 0.2) is 0 Å². The summed E-state index contributed by atoms with van der Waals surface area (Å²) in [7, 11) is 0. The summed E-state index contributed by atoms with van der Waals surface area (Å²) in [5.74, 6) is 3.01. The molecule has 1 aromatic carbocycles. The van der Waals surface area contributed by atoms with E-state index in [9.17, 15) is 0 Å². The van der Waals surface area contributed by atoms with Gasteiger partial charge in [-0.2, -0.15) is 11.8 Å². The number of para-hydroxylation sites is 1. The Hall–Kier alpha value is -0.930. The molecule has 0 saturated heterocycles. The number of ether oxygens (including phenoxy) is 1. The monoisotopic (exact) mass is 265 g/mol. The van der Waals surface area contributed by atoms with Gasteiger partial charge in [-0.15, -0.1) is 6.58 Å². The van der Waals surface area contributed by atoms with Crippen LogP contribution in [-0.4, -0.2) is 24.7 Å². The Labute approximate surface area is 115 Å². The van der Waals surface area contributed by atoms with Crippen LogP contribution in [0.2, 0.25) is 0 Å². The molecule has 1 unspecified atom stereocenters. The van der Waals surface area contributed by atoms with Crippen molar-refractivity contribution in [3.05, 3.63) is 42.5 Å². The maximum Gasteiger partial charge on any atom is 0.124 e. The summed E-state index contributed by atoms with van der Waals surface area (Å²) in [6.45, 7) is 9.57. The average molecular weight is 265 g/mol. The van der Waals surface area contributed by atoms with Gasteiger partial charge in [0.2, 0.25) is 0 Å². The molecule has 1 rings (SSSR count). The van der Waals surface area contributed by atoms with Crippen LogP contribution in [0.4, 0.5) is 0 Å². The molecule has 0 aliphatic rings. The van der Waals surface area contributed by atoms with Gasteiger partial charge in [0.1, 0.15) is 5.75 Å². The third-order valence-electron chi connectivity index (χ3n) is 2.57. The summed E-state index contributed by atoms with van der Waals surface area (Å²) in [4.78, 5) is 0. The minimum atomic E-state index is 0.336. The Morgan fingerprint density at radius 3 is 2.83 bits per heavy atom. The summed E-state index contributed by atoms with van der Waals surface area (Å²) in [5.41, 5.74) is 1.25. The fraction of sp³-hybridized carbons (Fsp3) is 0.467. The Balaban J connectivity index is 2.79. The van der Waals surface area contributed by atoms with Crippen LogP contribution in [0.1, 0.15) is 25.5 Å². The molecular formula is C15H23NOS. The molecule has 1 N–H and O–H groups in total. The molecule has 18 heavy (non-hydrogen) atoms. The number of hydrogen-bond donors (Lipinski definition) is 1. The van der Waals surface area contributed by atoms with Gasteiger partial charge in [-0.3, -0.25) is 0 Å². The molecule has 100 valence electrons. The van der Waals surface area contributed by atoms with Crippen LogP contribution < -0.4 is 10.1 Å². The molecule has 0 aliphatic heterocycles. The molecule has 2 nitrogen and oxygen atoms in total. The summed E-state index contributed by atoms with van der Waals surface area (Å²) in [5, 5.41) is 3.52. The second-order valence-corrected chi connectivity index (χ2v) is 4.98. The van der Waals surface area contributed by atoms with E-state index in [0.717, 1.165) is 23.8 Å². The van der Waals surface area contributed by atoms with Gasteiger partial charge >= 0.3 is 0 Å². The standard InChI is InChI=1S/C15H23NOS/c1-4-11-18-12-14(16-5-2)13-9-7-8-10-15(13)17-6-3/h4,7-10,14,16H,1,5-6,11-12H2,2-3H3. The molecule has 0 aliphatic carbocycles. The molecule has 1 aromatic rings. The quantitative estimate of drug-likeness (QED) is 0.544. The van der Waals surface area contributed by atoms with Crippen LogP contribution in [0.5, 0.6) is 5.75 Å². The van der Waals surface area contributed by atoms with Crippen molar-refractivity contribution in [3.63, 3.8) is 0 Å². The van der Waals surface area contributed by atoms with Crippen molar-refractivity contribution in [1.82, 2.24) is 5.32 Å². The van der Waals surface area contributed by atoms with Crippen molar-refractivity contribution in [2.75, 3.05) is 24.7 Å². The van der Waals surface area contributed by atoms with Gasteiger partial charge in [0, 0.05) is 23.1 Å². The summed E-state index contributed by atoms with van der Waals surface area (Å²) in [6.07, 6.45) is 1.95. The maximum absolute atomic E-state index is 5.70. The number of benzene rings is 1. The highest BCUT2D eigenvalue weighted by molar-refractivity contribution is 7.99. The summed E-state index contributed by atoms with van der Waals surface area (Å²) in [6, 6.07) is 8.62. The normalized spacial score (nSPS) is 12.1. The molecule has 0 heterocycles. The second-order valence-electron chi connectivity index (χ2n) is 3.91. The van der Waals surface area contributed by atoms with Crippen molar-refractivity contribution in [3.8, 4) is 5.75 Å². The molecule has 0 amide bonds. The summed E-state index contributed by atoms with van der Waals surface area (Å²) < 4.78 is 5.70. The predicted molar refractivity (Wildman–Crippen MR) is 81.6 cm³/mol. The SMILES string of the molecule is C=CCSCC(NCC)c1ccccc1OCC. The van der Waals surface area contributed by atoms with Crippen LogP contribution in [0.3, 0.4) is 0 Å².